The van der Waals surface area contributed by atoms with Crippen LogP contribution in [0.2, 0.25) is 0 Å². The molecule has 0 saturated heterocycles. The molecular formula is C13H8F21NO3. The molecule has 0 aromatic rings. The molecule has 0 aromatic heterocycles. The van der Waals surface area contributed by atoms with Gasteiger partial charge in [0.2, 0.25) is 0 Å². The number of carbonyl (C=O) groups excluding carboxylic acids is 1. The molecule has 0 aliphatic heterocycles. The van der Waals surface area contributed by atoms with E-state index in [1.807, 2.05) is 0 Å². The number of carboxylic acids is 1. The maximum atomic E-state index is 13.2. The summed E-state index contributed by atoms with van der Waals surface area (Å²) in [5.41, 5.74) is 3.35. The van der Waals surface area contributed by atoms with Crippen LogP contribution in [0.25, 0.3) is 0 Å². The fraction of sp³-hybridized carbons (Fsp3) is 0.923. The lowest BCUT2D eigenvalue weighted by molar-refractivity contribution is -0.474. The number of hydrogen-bond acceptors (Lipinski definition) is 3. The van der Waals surface area contributed by atoms with Gasteiger partial charge in [-0.25, -0.2) is 0 Å². The van der Waals surface area contributed by atoms with Gasteiger partial charge in [0.1, 0.15) is 5.97 Å². The van der Waals surface area contributed by atoms with Crippen molar-refractivity contribution in [1.29, 1.82) is 0 Å². The number of carbonyl (C=O) groups is 1. The summed E-state index contributed by atoms with van der Waals surface area (Å²) < 4.78 is 269. The quantitative estimate of drug-likeness (QED) is 0.366. The van der Waals surface area contributed by atoms with Crippen molar-refractivity contribution in [2.75, 3.05) is 13.2 Å². The molecule has 0 aliphatic carbocycles. The van der Waals surface area contributed by atoms with E-state index < -0.39 is 65.4 Å². The SMILES string of the molecule is O=C([O-])C(F)(F)C(F)(F)C(F)(F)C(F)(F)C(F)(F)C(F)(F)C(F)(F)C(F)(F)C(F)(F)C(F)(F)F.[NH3+]CCO. The fourth-order valence-electron chi connectivity index (χ4n) is 1.69. The van der Waals surface area contributed by atoms with Crippen LogP contribution in [-0.4, -0.2) is 83.7 Å². The van der Waals surface area contributed by atoms with Gasteiger partial charge in [0, 0.05) is 0 Å². The molecule has 4 N–H and O–H groups in total. The summed E-state index contributed by atoms with van der Waals surface area (Å²) >= 11 is 0. The van der Waals surface area contributed by atoms with E-state index in [9.17, 15) is 102 Å². The third-order valence-electron chi connectivity index (χ3n) is 3.93. The van der Waals surface area contributed by atoms with Crippen molar-refractivity contribution in [2.45, 2.75) is 59.5 Å². The summed E-state index contributed by atoms with van der Waals surface area (Å²) in [6, 6.07) is 0. The average molecular weight is 625 g/mol. The van der Waals surface area contributed by atoms with E-state index in [1.165, 1.54) is 0 Å². The highest BCUT2D eigenvalue weighted by molar-refractivity contribution is 5.75. The van der Waals surface area contributed by atoms with E-state index in [0.717, 1.165) is 0 Å². The minimum atomic E-state index is -9.30. The van der Waals surface area contributed by atoms with Crippen LogP contribution in [0.4, 0.5) is 92.2 Å². The lowest BCUT2D eigenvalue weighted by atomic mass is 9.86. The van der Waals surface area contributed by atoms with E-state index in [4.69, 9.17) is 5.11 Å². The number of carboxylic acid groups (broad SMARTS) is 1. The minimum absolute atomic E-state index is 0.208. The predicted octanol–water partition coefficient (Wildman–Crippen LogP) is 3.24. The molecule has 0 aliphatic rings. The van der Waals surface area contributed by atoms with Crippen molar-refractivity contribution in [3.63, 3.8) is 0 Å². The molecule has 4 nitrogen and oxygen atoms in total. The first-order valence-electron chi connectivity index (χ1n) is 8.19. The van der Waals surface area contributed by atoms with Gasteiger partial charge in [0.05, 0.1) is 13.2 Å². The van der Waals surface area contributed by atoms with E-state index in [1.54, 1.807) is 0 Å². The van der Waals surface area contributed by atoms with Crippen molar-refractivity contribution in [1.82, 2.24) is 0 Å². The predicted molar refractivity (Wildman–Crippen MR) is 70.4 cm³/mol. The highest BCUT2D eigenvalue weighted by atomic mass is 19.4. The minimum Gasteiger partial charge on any atom is -0.544 e. The van der Waals surface area contributed by atoms with Crippen LogP contribution in [0.5, 0.6) is 0 Å². The largest absolute Gasteiger partial charge is 0.544 e. The van der Waals surface area contributed by atoms with Crippen LogP contribution in [0.1, 0.15) is 0 Å². The number of alkyl halides is 21. The molecule has 25 heteroatoms. The molecule has 0 heterocycles. The zero-order valence-electron chi connectivity index (χ0n) is 16.8. The Balaban J connectivity index is 0. The van der Waals surface area contributed by atoms with E-state index in [-0.39, 0.29) is 6.61 Å². The summed E-state index contributed by atoms with van der Waals surface area (Å²) in [7, 11) is 0. The smallest absolute Gasteiger partial charge is 0.460 e. The van der Waals surface area contributed by atoms with Crippen LogP contribution in [-0.2, 0) is 4.79 Å². The van der Waals surface area contributed by atoms with Gasteiger partial charge in [-0.2, -0.15) is 92.2 Å². The third kappa shape index (κ3) is 4.98. The van der Waals surface area contributed by atoms with Crippen LogP contribution < -0.4 is 10.8 Å². The van der Waals surface area contributed by atoms with Gasteiger partial charge in [0.25, 0.3) is 0 Å². The lowest BCUT2D eigenvalue weighted by Crippen LogP contribution is -2.77. The zero-order chi connectivity index (χ0) is 32.0. The number of quaternary nitrogens is 1. The summed E-state index contributed by atoms with van der Waals surface area (Å²) in [6.45, 7) is 0.833. The van der Waals surface area contributed by atoms with Crippen molar-refractivity contribution in [3.05, 3.63) is 0 Å². The highest BCUT2D eigenvalue weighted by Crippen LogP contribution is 2.66. The molecule has 38 heavy (non-hydrogen) atoms. The summed E-state index contributed by atoms with van der Waals surface area (Å²) in [4.78, 5) is 9.72. The number of aliphatic hydroxyl groups is 1. The average Bonchev–Trinajstić information content (AvgIpc) is 2.71. The number of aliphatic hydroxyl groups excluding tert-OH is 1. The Hall–Kier alpha value is -2.08. The van der Waals surface area contributed by atoms with Crippen LogP contribution in [0, 0.1) is 0 Å². The first-order chi connectivity index (χ1) is 16.1. The van der Waals surface area contributed by atoms with Gasteiger partial charge in [-0.05, 0) is 0 Å². The van der Waals surface area contributed by atoms with Crippen molar-refractivity contribution < 1.29 is 113 Å². The molecule has 0 amide bonds. The molecule has 0 fully saturated rings. The number of aliphatic carboxylic acids is 1. The van der Waals surface area contributed by atoms with Gasteiger partial charge in [-0.3, -0.25) is 0 Å². The summed E-state index contributed by atoms with van der Waals surface area (Å²) in [5, 5.41) is 17.5. The Morgan fingerprint density at radius 1 is 0.500 bits per heavy atom. The van der Waals surface area contributed by atoms with Crippen molar-refractivity contribution in [2.24, 2.45) is 0 Å². The summed E-state index contributed by atoms with van der Waals surface area (Å²) in [6.07, 6.45) is -8.05. The number of rotatable bonds is 10. The van der Waals surface area contributed by atoms with Gasteiger partial charge < -0.3 is 20.7 Å². The van der Waals surface area contributed by atoms with E-state index in [0.29, 0.717) is 6.54 Å². The maximum Gasteiger partial charge on any atom is 0.460 e. The molecule has 0 atom stereocenters. The highest BCUT2D eigenvalue weighted by Gasteiger charge is 2.97. The molecular weight excluding hydrogens is 617 g/mol. The topological polar surface area (TPSA) is 88.0 Å². The maximum absolute atomic E-state index is 13.2. The van der Waals surface area contributed by atoms with Crippen molar-refractivity contribution in [3.8, 4) is 0 Å². The molecule has 0 saturated carbocycles. The first-order valence-corrected chi connectivity index (χ1v) is 8.19. The molecule has 230 valence electrons. The number of halogens is 21. The second-order valence-corrected chi connectivity index (χ2v) is 6.53. The van der Waals surface area contributed by atoms with Crippen LogP contribution in [0.3, 0.4) is 0 Å². The second-order valence-electron chi connectivity index (χ2n) is 6.53. The lowest BCUT2D eigenvalue weighted by Gasteiger charge is -2.44. The van der Waals surface area contributed by atoms with Gasteiger partial charge in [-0.1, -0.05) is 0 Å². The van der Waals surface area contributed by atoms with Gasteiger partial charge in [-0.15, -0.1) is 0 Å². The Morgan fingerprint density at radius 2 is 0.684 bits per heavy atom. The summed E-state index contributed by atoms with van der Waals surface area (Å²) in [5.74, 6) is -84.4. The molecule has 0 unspecified atom stereocenters. The zero-order valence-corrected chi connectivity index (χ0v) is 16.8. The second kappa shape index (κ2) is 10.1. The molecule has 0 rings (SSSR count). The van der Waals surface area contributed by atoms with E-state index in [2.05, 4.69) is 5.73 Å². The molecule has 0 radical (unpaired) electrons. The third-order valence-corrected chi connectivity index (χ3v) is 3.93. The van der Waals surface area contributed by atoms with Gasteiger partial charge >= 0.3 is 59.5 Å². The standard InChI is InChI=1S/C11HF21O2.C2H7NO/c12-2(13,1(33)34)3(14,15)4(16,17)5(18,19)6(20,21)7(22,23)8(24,25)9(26,27)10(28,29)11(30,31)32;3-1-2-4/h(H,33,34);4H,1-3H2. The number of hydrogen-bond donors (Lipinski definition) is 2. The Morgan fingerprint density at radius 3 is 0.842 bits per heavy atom. The normalized spacial score (nSPS) is 15.7. The molecule has 0 spiro atoms. The fourth-order valence-corrected chi connectivity index (χ4v) is 1.69. The van der Waals surface area contributed by atoms with E-state index >= 15 is 0 Å². The van der Waals surface area contributed by atoms with Crippen molar-refractivity contribution >= 4 is 5.97 Å². The Bertz CT molecular complexity index is 831. The molecule has 0 aromatic carbocycles. The van der Waals surface area contributed by atoms with Crippen LogP contribution >= 0.6 is 0 Å². The Labute approximate surface area is 193 Å². The monoisotopic (exact) mass is 625 g/mol. The molecule has 0 bridgehead atoms. The first kappa shape index (κ1) is 38.1. The van der Waals surface area contributed by atoms with Crippen LogP contribution in [0.15, 0.2) is 0 Å². The Kier molecular flexibility index (Phi) is 10.2. The van der Waals surface area contributed by atoms with Gasteiger partial charge in [0.15, 0.2) is 0 Å².